The highest BCUT2D eigenvalue weighted by molar-refractivity contribution is 9.10. The second kappa shape index (κ2) is 8.22. The van der Waals surface area contributed by atoms with Crippen LogP contribution in [0.3, 0.4) is 0 Å². The van der Waals surface area contributed by atoms with Crippen molar-refractivity contribution in [3.63, 3.8) is 0 Å². The first kappa shape index (κ1) is 18.5. The van der Waals surface area contributed by atoms with Crippen molar-refractivity contribution in [2.45, 2.75) is 38.6 Å². The molecule has 0 radical (unpaired) electrons. The van der Waals surface area contributed by atoms with Crippen molar-refractivity contribution in [1.82, 2.24) is 10.0 Å². The second-order valence-electron chi connectivity index (χ2n) is 5.24. The van der Waals surface area contributed by atoms with Crippen molar-refractivity contribution in [2.75, 3.05) is 13.1 Å². The number of hydrogen-bond donors (Lipinski definition) is 2. The van der Waals surface area contributed by atoms with Gasteiger partial charge in [0.05, 0.1) is 0 Å². The van der Waals surface area contributed by atoms with Gasteiger partial charge in [0.2, 0.25) is 10.0 Å². The average molecular weight is 381 g/mol. The van der Waals surface area contributed by atoms with E-state index in [1.807, 2.05) is 20.8 Å². The predicted octanol–water partition coefficient (Wildman–Crippen LogP) is 3.02. The Balaban J connectivity index is 3.02. The summed E-state index contributed by atoms with van der Waals surface area (Å²) in [6.45, 7) is 7.18. The number of sulfonamides is 1. The molecule has 0 aromatic heterocycles. The molecule has 21 heavy (non-hydrogen) atoms. The van der Waals surface area contributed by atoms with Gasteiger partial charge in [0.1, 0.15) is 10.7 Å². The van der Waals surface area contributed by atoms with Crippen molar-refractivity contribution in [3.05, 3.63) is 28.0 Å². The van der Waals surface area contributed by atoms with Gasteiger partial charge < -0.3 is 5.32 Å². The quantitative estimate of drug-likeness (QED) is 0.728. The predicted molar refractivity (Wildman–Crippen MR) is 86.1 cm³/mol. The highest BCUT2D eigenvalue weighted by atomic mass is 79.9. The number of hydrogen-bond acceptors (Lipinski definition) is 3. The topological polar surface area (TPSA) is 58.2 Å². The van der Waals surface area contributed by atoms with Crippen LogP contribution in [0.1, 0.15) is 32.8 Å². The van der Waals surface area contributed by atoms with Crippen LogP contribution < -0.4 is 10.0 Å². The summed E-state index contributed by atoms with van der Waals surface area (Å²) in [6.07, 6.45) is 0.707. The minimum Gasteiger partial charge on any atom is -0.313 e. The van der Waals surface area contributed by atoms with E-state index in [0.717, 1.165) is 0 Å². The molecule has 0 bridgehead atoms. The fourth-order valence-corrected chi connectivity index (χ4v) is 3.61. The minimum absolute atomic E-state index is 0.288. The lowest BCUT2D eigenvalue weighted by molar-refractivity contribution is 0.532. The number of benzene rings is 1. The molecule has 0 unspecified atom stereocenters. The Morgan fingerprint density at radius 3 is 2.57 bits per heavy atom. The standard InChI is InChI=1S/C14H22BrFN2O2S/c1-4-17-9-11-7-12(15)8-13(14(11)16)21(19,20)18-6-5-10(2)3/h7-8,10,17-18H,4-6,9H2,1-3H3. The van der Waals surface area contributed by atoms with Crippen molar-refractivity contribution < 1.29 is 12.8 Å². The van der Waals surface area contributed by atoms with Gasteiger partial charge in [-0.1, -0.05) is 36.7 Å². The third-order valence-corrected chi connectivity index (χ3v) is 4.87. The van der Waals surface area contributed by atoms with E-state index in [1.54, 1.807) is 6.07 Å². The van der Waals surface area contributed by atoms with Crippen LogP contribution in [-0.4, -0.2) is 21.5 Å². The summed E-state index contributed by atoms with van der Waals surface area (Å²) in [5.74, 6) is -0.319. The number of halogens is 2. The van der Waals surface area contributed by atoms with Crippen LogP contribution >= 0.6 is 15.9 Å². The van der Waals surface area contributed by atoms with Crippen LogP contribution in [0.15, 0.2) is 21.5 Å². The van der Waals surface area contributed by atoms with Crippen LogP contribution in [-0.2, 0) is 16.6 Å². The summed E-state index contributed by atoms with van der Waals surface area (Å²) in [4.78, 5) is -0.312. The van der Waals surface area contributed by atoms with Crippen molar-refractivity contribution in [3.8, 4) is 0 Å². The van der Waals surface area contributed by atoms with Gasteiger partial charge in [-0.15, -0.1) is 0 Å². The Morgan fingerprint density at radius 1 is 1.33 bits per heavy atom. The van der Waals surface area contributed by atoms with Crippen LogP contribution in [0.2, 0.25) is 0 Å². The molecule has 1 aromatic carbocycles. The van der Waals surface area contributed by atoms with E-state index in [9.17, 15) is 12.8 Å². The van der Waals surface area contributed by atoms with Crippen molar-refractivity contribution in [1.29, 1.82) is 0 Å². The highest BCUT2D eigenvalue weighted by Gasteiger charge is 2.22. The third kappa shape index (κ3) is 5.65. The van der Waals surface area contributed by atoms with E-state index in [0.29, 0.717) is 35.5 Å². The molecule has 1 rings (SSSR count). The van der Waals surface area contributed by atoms with E-state index >= 15 is 0 Å². The first-order valence-electron chi connectivity index (χ1n) is 6.96. The van der Waals surface area contributed by atoms with E-state index in [4.69, 9.17) is 0 Å². The maximum atomic E-state index is 14.4. The lowest BCUT2D eigenvalue weighted by Gasteiger charge is -2.12. The number of nitrogens with one attached hydrogen (secondary N) is 2. The Hall–Kier alpha value is -0.500. The van der Waals surface area contributed by atoms with Gasteiger partial charge in [0.15, 0.2) is 0 Å². The lowest BCUT2D eigenvalue weighted by atomic mass is 10.1. The first-order chi connectivity index (χ1) is 9.77. The Bertz CT molecular complexity index is 577. The molecule has 0 saturated heterocycles. The second-order valence-corrected chi connectivity index (χ2v) is 7.89. The molecule has 0 amide bonds. The molecular formula is C14H22BrFN2O2S. The highest BCUT2D eigenvalue weighted by Crippen LogP contribution is 2.24. The fourth-order valence-electron chi connectivity index (χ4n) is 1.76. The Kier molecular flexibility index (Phi) is 7.26. The largest absolute Gasteiger partial charge is 0.313 e. The monoisotopic (exact) mass is 380 g/mol. The molecule has 2 N–H and O–H groups in total. The van der Waals surface area contributed by atoms with Gasteiger partial charge in [-0.3, -0.25) is 0 Å². The summed E-state index contributed by atoms with van der Waals surface area (Å²) in [6, 6.07) is 2.88. The Labute approximate surface area is 134 Å². The van der Waals surface area contributed by atoms with Crippen LogP contribution in [0.25, 0.3) is 0 Å². The molecule has 4 nitrogen and oxygen atoms in total. The number of rotatable bonds is 8. The molecule has 0 saturated carbocycles. The van der Waals surface area contributed by atoms with Gasteiger partial charge >= 0.3 is 0 Å². The first-order valence-corrected chi connectivity index (χ1v) is 9.23. The molecule has 0 aliphatic carbocycles. The van der Waals surface area contributed by atoms with E-state index in [1.165, 1.54) is 6.07 Å². The smallest absolute Gasteiger partial charge is 0.243 e. The summed E-state index contributed by atoms with van der Waals surface area (Å²) >= 11 is 3.24. The molecule has 7 heteroatoms. The summed E-state index contributed by atoms with van der Waals surface area (Å²) in [5.41, 5.74) is 0.329. The van der Waals surface area contributed by atoms with Gasteiger partial charge in [0, 0.05) is 23.1 Å². The molecule has 0 aliphatic heterocycles. The molecule has 0 aliphatic rings. The van der Waals surface area contributed by atoms with E-state index < -0.39 is 15.8 Å². The fraction of sp³-hybridized carbons (Fsp3) is 0.571. The summed E-state index contributed by atoms with van der Waals surface area (Å²) in [7, 11) is -3.84. The van der Waals surface area contributed by atoms with E-state index in [2.05, 4.69) is 26.0 Å². The zero-order valence-corrected chi connectivity index (χ0v) is 14.9. The normalized spacial score (nSPS) is 12.1. The van der Waals surface area contributed by atoms with Gasteiger partial charge in [-0.2, -0.15) is 0 Å². The van der Waals surface area contributed by atoms with E-state index in [-0.39, 0.29) is 11.4 Å². The molecule has 0 atom stereocenters. The average Bonchev–Trinajstić information content (AvgIpc) is 2.38. The summed E-state index contributed by atoms with van der Waals surface area (Å²) in [5, 5.41) is 2.99. The molecule has 0 heterocycles. The third-order valence-electron chi connectivity index (χ3n) is 2.95. The molecule has 120 valence electrons. The van der Waals surface area contributed by atoms with Crippen LogP contribution in [0.4, 0.5) is 4.39 Å². The molecule has 0 fully saturated rings. The van der Waals surface area contributed by atoms with Gasteiger partial charge in [-0.05, 0) is 31.0 Å². The summed E-state index contributed by atoms with van der Waals surface area (Å²) < 4.78 is 41.8. The zero-order chi connectivity index (χ0) is 16.0. The van der Waals surface area contributed by atoms with Crippen LogP contribution in [0, 0.1) is 11.7 Å². The minimum atomic E-state index is -3.84. The molecule has 0 spiro atoms. The SMILES string of the molecule is CCNCc1cc(Br)cc(S(=O)(=O)NCCC(C)C)c1F. The maximum absolute atomic E-state index is 14.4. The molecule has 1 aromatic rings. The Morgan fingerprint density at radius 2 is 2.00 bits per heavy atom. The van der Waals surface area contributed by atoms with Crippen molar-refractivity contribution in [2.24, 2.45) is 5.92 Å². The van der Waals surface area contributed by atoms with Crippen LogP contribution in [0.5, 0.6) is 0 Å². The van der Waals surface area contributed by atoms with Gasteiger partial charge in [0.25, 0.3) is 0 Å². The van der Waals surface area contributed by atoms with Crippen molar-refractivity contribution >= 4 is 26.0 Å². The zero-order valence-electron chi connectivity index (χ0n) is 12.5. The molecular weight excluding hydrogens is 359 g/mol. The van der Waals surface area contributed by atoms with Gasteiger partial charge in [-0.25, -0.2) is 17.5 Å². The lowest BCUT2D eigenvalue weighted by Crippen LogP contribution is -2.27. The maximum Gasteiger partial charge on any atom is 0.243 e.